The van der Waals surface area contributed by atoms with Crippen molar-refractivity contribution in [1.29, 1.82) is 0 Å². The highest BCUT2D eigenvalue weighted by Gasteiger charge is 2.41. The number of hydrogen-bond acceptors (Lipinski definition) is 3. The van der Waals surface area contributed by atoms with Crippen LogP contribution >= 0.6 is 0 Å². The van der Waals surface area contributed by atoms with Crippen LogP contribution in [-0.4, -0.2) is 23.2 Å². The molecular formula is C13H17FN2O. The van der Waals surface area contributed by atoms with Crippen LogP contribution in [0.1, 0.15) is 37.9 Å². The Morgan fingerprint density at radius 2 is 2.35 bits per heavy atom. The van der Waals surface area contributed by atoms with Crippen LogP contribution in [0.3, 0.4) is 0 Å². The molecule has 0 amide bonds. The Labute approximate surface area is 100 Å². The van der Waals surface area contributed by atoms with E-state index in [4.69, 9.17) is 4.74 Å². The molecule has 2 aliphatic rings. The summed E-state index contributed by atoms with van der Waals surface area (Å²) in [6.07, 6.45) is 5.53. The van der Waals surface area contributed by atoms with E-state index in [1.54, 1.807) is 6.07 Å². The molecule has 17 heavy (non-hydrogen) atoms. The van der Waals surface area contributed by atoms with Crippen molar-refractivity contribution in [3.05, 3.63) is 29.8 Å². The number of nitrogens with zero attached hydrogens (tertiary/aromatic N) is 1. The Morgan fingerprint density at radius 1 is 1.47 bits per heavy atom. The van der Waals surface area contributed by atoms with Crippen LogP contribution < -0.4 is 5.32 Å². The van der Waals surface area contributed by atoms with Gasteiger partial charge in [0.2, 0.25) is 0 Å². The first-order valence-corrected chi connectivity index (χ1v) is 6.25. The molecule has 0 spiro atoms. The zero-order valence-corrected chi connectivity index (χ0v) is 9.90. The summed E-state index contributed by atoms with van der Waals surface area (Å²) >= 11 is 0. The van der Waals surface area contributed by atoms with E-state index >= 15 is 0 Å². The van der Waals surface area contributed by atoms with Gasteiger partial charge in [0, 0.05) is 12.1 Å². The van der Waals surface area contributed by atoms with Gasteiger partial charge in [-0.3, -0.25) is 4.98 Å². The molecule has 4 heteroatoms. The lowest BCUT2D eigenvalue weighted by Gasteiger charge is -2.24. The van der Waals surface area contributed by atoms with Crippen molar-refractivity contribution < 1.29 is 9.13 Å². The predicted octanol–water partition coefficient (Wildman–Crippen LogP) is 2.19. The molecule has 2 aliphatic heterocycles. The van der Waals surface area contributed by atoms with E-state index in [0.29, 0.717) is 18.2 Å². The lowest BCUT2D eigenvalue weighted by atomic mass is 9.94. The standard InChI is InChI=1S/C13H17FN2O/c1-8(11-4-2-9(14)7-15-11)16-12-6-10-3-5-13(12)17-10/h2,4,7-8,10,12-13,16H,3,5-6H2,1H3. The number of halogens is 1. The fourth-order valence-electron chi connectivity index (χ4n) is 2.86. The highest BCUT2D eigenvalue weighted by molar-refractivity contribution is 5.10. The third-order valence-corrected chi connectivity index (χ3v) is 3.76. The first kappa shape index (κ1) is 11.1. The van der Waals surface area contributed by atoms with Gasteiger partial charge in [-0.1, -0.05) is 0 Å². The van der Waals surface area contributed by atoms with E-state index in [2.05, 4.69) is 17.2 Å². The smallest absolute Gasteiger partial charge is 0.141 e. The Hall–Kier alpha value is -1.00. The van der Waals surface area contributed by atoms with Crippen LogP contribution in [0.5, 0.6) is 0 Å². The molecule has 4 atom stereocenters. The van der Waals surface area contributed by atoms with Gasteiger partial charge in [-0.05, 0) is 38.3 Å². The van der Waals surface area contributed by atoms with Gasteiger partial charge >= 0.3 is 0 Å². The summed E-state index contributed by atoms with van der Waals surface area (Å²) in [4.78, 5) is 4.10. The lowest BCUT2D eigenvalue weighted by molar-refractivity contribution is 0.0962. The first-order valence-electron chi connectivity index (χ1n) is 6.25. The molecule has 3 heterocycles. The molecule has 1 N–H and O–H groups in total. The minimum atomic E-state index is -0.288. The molecule has 3 rings (SSSR count). The van der Waals surface area contributed by atoms with E-state index < -0.39 is 0 Å². The number of hydrogen-bond donors (Lipinski definition) is 1. The summed E-state index contributed by atoms with van der Waals surface area (Å²) in [5, 5.41) is 3.54. The zero-order chi connectivity index (χ0) is 11.8. The Bertz CT molecular complexity index is 395. The summed E-state index contributed by atoms with van der Waals surface area (Å²) in [6, 6.07) is 3.76. The monoisotopic (exact) mass is 236 g/mol. The van der Waals surface area contributed by atoms with Gasteiger partial charge in [0.05, 0.1) is 24.1 Å². The maximum atomic E-state index is 12.8. The largest absolute Gasteiger partial charge is 0.373 e. The SMILES string of the molecule is CC(NC1CC2CCC1O2)c1ccc(F)cn1. The summed E-state index contributed by atoms with van der Waals surface area (Å²) in [7, 11) is 0. The predicted molar refractivity (Wildman–Crippen MR) is 62.0 cm³/mol. The van der Waals surface area contributed by atoms with Crippen molar-refractivity contribution in [3.63, 3.8) is 0 Å². The third-order valence-electron chi connectivity index (χ3n) is 3.76. The summed E-state index contributed by atoms with van der Waals surface area (Å²) < 4.78 is 18.6. The molecule has 2 saturated heterocycles. The van der Waals surface area contributed by atoms with E-state index in [9.17, 15) is 4.39 Å². The molecule has 2 fully saturated rings. The molecule has 3 nitrogen and oxygen atoms in total. The van der Waals surface area contributed by atoms with E-state index in [1.165, 1.54) is 18.7 Å². The van der Waals surface area contributed by atoms with Crippen LogP contribution in [0.25, 0.3) is 0 Å². The van der Waals surface area contributed by atoms with Crippen LogP contribution in [0.2, 0.25) is 0 Å². The van der Waals surface area contributed by atoms with Crippen molar-refractivity contribution in [2.24, 2.45) is 0 Å². The molecule has 0 saturated carbocycles. The summed E-state index contributed by atoms with van der Waals surface area (Å²) in [5.41, 5.74) is 0.883. The molecule has 4 unspecified atom stereocenters. The number of ether oxygens (including phenoxy) is 1. The average molecular weight is 236 g/mol. The maximum absolute atomic E-state index is 12.8. The normalized spacial score (nSPS) is 32.9. The molecule has 0 radical (unpaired) electrons. The van der Waals surface area contributed by atoms with Gasteiger partial charge in [-0.2, -0.15) is 0 Å². The first-order chi connectivity index (χ1) is 8.22. The van der Waals surface area contributed by atoms with Gasteiger partial charge in [0.1, 0.15) is 5.82 Å². The van der Waals surface area contributed by atoms with Crippen molar-refractivity contribution in [2.75, 3.05) is 0 Å². The molecular weight excluding hydrogens is 219 g/mol. The molecule has 1 aromatic rings. The minimum Gasteiger partial charge on any atom is -0.373 e. The second-order valence-corrected chi connectivity index (χ2v) is 5.01. The van der Waals surface area contributed by atoms with E-state index in [-0.39, 0.29) is 11.9 Å². The Morgan fingerprint density at radius 3 is 2.94 bits per heavy atom. The molecule has 0 aromatic carbocycles. The Kier molecular flexibility index (Phi) is 2.84. The van der Waals surface area contributed by atoms with Gasteiger partial charge < -0.3 is 10.1 Å². The van der Waals surface area contributed by atoms with Crippen LogP contribution in [0.15, 0.2) is 18.3 Å². The van der Waals surface area contributed by atoms with Crippen molar-refractivity contribution in [3.8, 4) is 0 Å². The molecule has 2 bridgehead atoms. The number of rotatable bonds is 3. The van der Waals surface area contributed by atoms with Gasteiger partial charge in [-0.15, -0.1) is 0 Å². The highest BCUT2D eigenvalue weighted by Crippen LogP contribution is 2.35. The van der Waals surface area contributed by atoms with Crippen molar-refractivity contribution in [2.45, 2.75) is 50.5 Å². The maximum Gasteiger partial charge on any atom is 0.141 e. The van der Waals surface area contributed by atoms with Crippen LogP contribution in [-0.2, 0) is 4.74 Å². The highest BCUT2D eigenvalue weighted by atomic mass is 19.1. The molecule has 1 aromatic heterocycles. The van der Waals surface area contributed by atoms with E-state index in [0.717, 1.165) is 18.5 Å². The fraction of sp³-hybridized carbons (Fsp3) is 0.615. The molecule has 92 valence electrons. The average Bonchev–Trinajstić information content (AvgIpc) is 2.91. The van der Waals surface area contributed by atoms with Gasteiger partial charge in [0.25, 0.3) is 0 Å². The third kappa shape index (κ3) is 2.19. The number of aromatic nitrogens is 1. The minimum absolute atomic E-state index is 0.142. The summed E-state index contributed by atoms with van der Waals surface area (Å²) in [6.45, 7) is 2.06. The zero-order valence-electron chi connectivity index (χ0n) is 9.90. The van der Waals surface area contributed by atoms with Crippen molar-refractivity contribution >= 4 is 0 Å². The second-order valence-electron chi connectivity index (χ2n) is 5.01. The van der Waals surface area contributed by atoms with Crippen molar-refractivity contribution in [1.82, 2.24) is 10.3 Å². The Balaban J connectivity index is 1.63. The lowest BCUT2D eigenvalue weighted by Crippen LogP contribution is -2.39. The molecule has 0 aliphatic carbocycles. The van der Waals surface area contributed by atoms with Gasteiger partial charge in [0.15, 0.2) is 0 Å². The van der Waals surface area contributed by atoms with Gasteiger partial charge in [-0.25, -0.2) is 4.39 Å². The van der Waals surface area contributed by atoms with E-state index in [1.807, 2.05) is 0 Å². The number of fused-ring (bicyclic) bond motifs is 2. The second kappa shape index (κ2) is 4.35. The summed E-state index contributed by atoms with van der Waals surface area (Å²) in [5.74, 6) is -0.288. The van der Waals surface area contributed by atoms with Crippen LogP contribution in [0, 0.1) is 5.82 Å². The fourth-order valence-corrected chi connectivity index (χ4v) is 2.86. The van der Waals surface area contributed by atoms with Crippen LogP contribution in [0.4, 0.5) is 4.39 Å². The quantitative estimate of drug-likeness (QED) is 0.873. The number of pyridine rings is 1. The number of nitrogens with one attached hydrogen (secondary N) is 1. The topological polar surface area (TPSA) is 34.1 Å².